The summed E-state index contributed by atoms with van der Waals surface area (Å²) in [4.78, 5) is 12.1. The first kappa shape index (κ1) is 16.3. The predicted octanol–water partition coefficient (Wildman–Crippen LogP) is 3.69. The van der Waals surface area contributed by atoms with Gasteiger partial charge in [0.15, 0.2) is 0 Å². The molecule has 23 heavy (non-hydrogen) atoms. The van der Waals surface area contributed by atoms with Crippen LogP contribution in [0.2, 0.25) is 0 Å². The van der Waals surface area contributed by atoms with E-state index < -0.39 is 5.91 Å². The quantitative estimate of drug-likeness (QED) is 0.654. The number of benzene rings is 2. The number of anilines is 1. The van der Waals surface area contributed by atoms with E-state index in [-0.39, 0.29) is 11.6 Å². The molecule has 0 aliphatic carbocycles. The number of nitriles is 1. The van der Waals surface area contributed by atoms with E-state index in [1.165, 1.54) is 6.20 Å². The summed E-state index contributed by atoms with van der Waals surface area (Å²) in [6.45, 7) is 3.94. The summed E-state index contributed by atoms with van der Waals surface area (Å²) in [5.74, 6) is -0.427. The van der Waals surface area contributed by atoms with Crippen LogP contribution >= 0.6 is 0 Å². The average molecular weight is 305 g/mol. The highest BCUT2D eigenvalue weighted by atomic mass is 16.1. The fraction of sp³-hybridized carbons (Fsp3) is 0.158. The molecule has 2 aromatic rings. The van der Waals surface area contributed by atoms with Gasteiger partial charge in [-0.1, -0.05) is 48.0 Å². The number of carbonyl (C=O) groups is 1. The molecule has 4 nitrogen and oxygen atoms in total. The molecule has 1 unspecified atom stereocenters. The topological polar surface area (TPSA) is 64.9 Å². The maximum atomic E-state index is 12.1. The van der Waals surface area contributed by atoms with E-state index in [4.69, 9.17) is 0 Å². The van der Waals surface area contributed by atoms with Crippen molar-refractivity contribution in [1.82, 2.24) is 5.32 Å². The summed E-state index contributed by atoms with van der Waals surface area (Å²) in [6, 6.07) is 19.2. The first-order valence-corrected chi connectivity index (χ1v) is 7.39. The molecule has 0 spiro atoms. The molecule has 0 bridgehead atoms. The number of hydrogen-bond acceptors (Lipinski definition) is 3. The van der Waals surface area contributed by atoms with Crippen LogP contribution in [-0.2, 0) is 4.79 Å². The number of aryl methyl sites for hydroxylation is 1. The summed E-state index contributed by atoms with van der Waals surface area (Å²) in [5.41, 5.74) is 2.89. The zero-order chi connectivity index (χ0) is 16.7. The van der Waals surface area contributed by atoms with Gasteiger partial charge in [-0.05, 0) is 31.5 Å². The molecule has 2 N–H and O–H groups in total. The van der Waals surface area contributed by atoms with Crippen LogP contribution < -0.4 is 10.6 Å². The van der Waals surface area contributed by atoms with Gasteiger partial charge in [-0.2, -0.15) is 5.26 Å². The minimum Gasteiger partial charge on any atom is -0.383 e. The van der Waals surface area contributed by atoms with Crippen LogP contribution in [0.5, 0.6) is 0 Å². The maximum Gasteiger partial charge on any atom is 0.267 e. The Hall–Kier alpha value is -3.06. The van der Waals surface area contributed by atoms with Crippen molar-refractivity contribution in [2.45, 2.75) is 19.9 Å². The van der Waals surface area contributed by atoms with Crippen molar-refractivity contribution >= 4 is 11.6 Å². The number of nitrogens with zero attached hydrogens (tertiary/aromatic N) is 1. The Kier molecular flexibility index (Phi) is 5.54. The molecule has 1 atom stereocenters. The van der Waals surface area contributed by atoms with Gasteiger partial charge in [0.05, 0.1) is 0 Å². The molecule has 0 aromatic heterocycles. The van der Waals surface area contributed by atoms with Gasteiger partial charge in [0.1, 0.15) is 11.6 Å². The summed E-state index contributed by atoms with van der Waals surface area (Å²) in [7, 11) is 0. The van der Waals surface area contributed by atoms with Crippen LogP contribution in [-0.4, -0.2) is 5.91 Å². The number of amides is 1. The van der Waals surface area contributed by atoms with Gasteiger partial charge >= 0.3 is 0 Å². The molecule has 0 radical (unpaired) electrons. The fourth-order valence-electron chi connectivity index (χ4n) is 2.03. The zero-order valence-electron chi connectivity index (χ0n) is 13.2. The molecule has 1 amide bonds. The molecular formula is C19H19N3O. The second kappa shape index (κ2) is 7.81. The minimum atomic E-state index is -0.427. The van der Waals surface area contributed by atoms with Gasteiger partial charge in [0.25, 0.3) is 5.91 Å². The molecule has 0 saturated heterocycles. The molecule has 0 heterocycles. The highest BCUT2D eigenvalue weighted by Crippen LogP contribution is 2.12. The van der Waals surface area contributed by atoms with E-state index in [2.05, 4.69) is 10.6 Å². The molecule has 2 rings (SSSR count). The van der Waals surface area contributed by atoms with E-state index in [1.807, 2.05) is 74.5 Å². The standard InChI is InChI=1S/C19H19N3O/c1-14-8-10-18(11-9-14)22-19(23)17(12-20)13-21-15(2)16-6-4-3-5-7-16/h3-11,13,15,21H,1-2H3,(H,22,23)/b17-13-. The van der Waals surface area contributed by atoms with E-state index in [0.717, 1.165) is 11.1 Å². The number of nitrogens with one attached hydrogen (secondary N) is 2. The molecule has 4 heteroatoms. The summed E-state index contributed by atoms with van der Waals surface area (Å²) >= 11 is 0. The third-order valence-corrected chi connectivity index (χ3v) is 3.45. The predicted molar refractivity (Wildman–Crippen MR) is 91.5 cm³/mol. The second-order valence-electron chi connectivity index (χ2n) is 5.29. The number of hydrogen-bond donors (Lipinski definition) is 2. The highest BCUT2D eigenvalue weighted by molar-refractivity contribution is 6.06. The van der Waals surface area contributed by atoms with Gasteiger partial charge in [-0.25, -0.2) is 0 Å². The molecule has 116 valence electrons. The molecule has 2 aromatic carbocycles. The Balaban J connectivity index is 2.02. The molecule has 0 aliphatic rings. The molecule has 0 saturated carbocycles. The average Bonchev–Trinajstić information content (AvgIpc) is 2.58. The van der Waals surface area contributed by atoms with Crippen molar-refractivity contribution in [2.75, 3.05) is 5.32 Å². The molecule has 0 fully saturated rings. The van der Waals surface area contributed by atoms with Crippen molar-refractivity contribution in [3.8, 4) is 6.07 Å². The van der Waals surface area contributed by atoms with Crippen molar-refractivity contribution in [3.63, 3.8) is 0 Å². The van der Waals surface area contributed by atoms with E-state index in [9.17, 15) is 10.1 Å². The third kappa shape index (κ3) is 4.72. The van der Waals surface area contributed by atoms with Gasteiger partial charge in [-0.15, -0.1) is 0 Å². The van der Waals surface area contributed by atoms with Crippen LogP contribution in [0.25, 0.3) is 0 Å². The number of carbonyl (C=O) groups excluding carboxylic acids is 1. The van der Waals surface area contributed by atoms with Crippen LogP contribution in [0, 0.1) is 18.3 Å². The fourth-order valence-corrected chi connectivity index (χ4v) is 2.03. The molecule has 0 aliphatic heterocycles. The van der Waals surface area contributed by atoms with Crippen molar-refractivity contribution in [2.24, 2.45) is 0 Å². The Bertz CT molecular complexity index is 727. The van der Waals surface area contributed by atoms with Crippen LogP contribution in [0.4, 0.5) is 5.69 Å². The van der Waals surface area contributed by atoms with Gasteiger partial charge < -0.3 is 10.6 Å². The Labute approximate surface area is 136 Å². The lowest BCUT2D eigenvalue weighted by atomic mass is 10.1. The van der Waals surface area contributed by atoms with Crippen molar-refractivity contribution < 1.29 is 4.79 Å². The highest BCUT2D eigenvalue weighted by Gasteiger charge is 2.10. The van der Waals surface area contributed by atoms with E-state index in [1.54, 1.807) is 0 Å². The Morgan fingerprint density at radius 3 is 2.39 bits per heavy atom. The van der Waals surface area contributed by atoms with Gasteiger partial charge in [0.2, 0.25) is 0 Å². The van der Waals surface area contributed by atoms with Crippen LogP contribution in [0.3, 0.4) is 0 Å². The summed E-state index contributed by atoms with van der Waals surface area (Å²) in [5, 5.41) is 15.0. The summed E-state index contributed by atoms with van der Waals surface area (Å²) in [6.07, 6.45) is 1.46. The molecular weight excluding hydrogens is 286 g/mol. The first-order chi connectivity index (χ1) is 11.1. The van der Waals surface area contributed by atoms with Crippen molar-refractivity contribution in [3.05, 3.63) is 77.5 Å². The largest absolute Gasteiger partial charge is 0.383 e. The third-order valence-electron chi connectivity index (χ3n) is 3.45. The lowest BCUT2D eigenvalue weighted by molar-refractivity contribution is -0.112. The second-order valence-corrected chi connectivity index (χ2v) is 5.29. The lowest BCUT2D eigenvalue weighted by Crippen LogP contribution is -2.18. The number of rotatable bonds is 5. The van der Waals surface area contributed by atoms with E-state index in [0.29, 0.717) is 5.69 Å². The smallest absolute Gasteiger partial charge is 0.267 e. The normalized spacial score (nSPS) is 12.1. The zero-order valence-corrected chi connectivity index (χ0v) is 13.2. The lowest BCUT2D eigenvalue weighted by Gasteiger charge is -2.12. The van der Waals surface area contributed by atoms with E-state index >= 15 is 0 Å². The SMILES string of the molecule is Cc1ccc(NC(=O)/C(C#N)=C\NC(C)c2ccccc2)cc1. The van der Waals surface area contributed by atoms with Crippen LogP contribution in [0.1, 0.15) is 24.1 Å². The van der Waals surface area contributed by atoms with Gasteiger partial charge in [-0.3, -0.25) is 4.79 Å². The first-order valence-electron chi connectivity index (χ1n) is 7.39. The Morgan fingerprint density at radius 1 is 1.13 bits per heavy atom. The van der Waals surface area contributed by atoms with Crippen LogP contribution in [0.15, 0.2) is 66.4 Å². The van der Waals surface area contributed by atoms with Crippen molar-refractivity contribution in [1.29, 1.82) is 5.26 Å². The monoisotopic (exact) mass is 305 g/mol. The minimum absolute atomic E-state index is 0.00623. The van der Waals surface area contributed by atoms with Gasteiger partial charge in [0, 0.05) is 17.9 Å². The summed E-state index contributed by atoms with van der Waals surface area (Å²) < 4.78 is 0. The Morgan fingerprint density at radius 2 is 1.78 bits per heavy atom. The maximum absolute atomic E-state index is 12.1.